The van der Waals surface area contributed by atoms with Crippen molar-refractivity contribution in [1.82, 2.24) is 0 Å². The Morgan fingerprint density at radius 2 is 1.89 bits per heavy atom. The highest BCUT2D eigenvalue weighted by Gasteiger charge is 2.08. The Kier molecular flexibility index (Phi) is 2.33. The fraction of sp³-hybridized carbons (Fsp3) is 0.0667. The number of nitrogens with two attached hydrogens (primary N) is 1. The second-order valence-electron chi connectivity index (χ2n) is 4.43. The first kappa shape index (κ1) is 10.8. The van der Waals surface area contributed by atoms with E-state index >= 15 is 0 Å². The highest BCUT2D eigenvalue weighted by molar-refractivity contribution is 5.83. The molecule has 0 atom stereocenters. The van der Waals surface area contributed by atoms with Crippen molar-refractivity contribution in [3.05, 3.63) is 53.8 Å². The molecule has 0 bridgehead atoms. The molecule has 0 aliphatic rings. The van der Waals surface area contributed by atoms with Crippen LogP contribution < -0.4 is 5.73 Å². The molecular formula is C15H12FNO. The Morgan fingerprint density at radius 1 is 1.06 bits per heavy atom. The van der Waals surface area contributed by atoms with Crippen LogP contribution >= 0.6 is 0 Å². The summed E-state index contributed by atoms with van der Waals surface area (Å²) in [4.78, 5) is 0. The Bertz CT molecular complexity index is 710. The molecule has 0 unspecified atom stereocenters. The lowest BCUT2D eigenvalue weighted by molar-refractivity contribution is 0.619. The molecule has 18 heavy (non-hydrogen) atoms. The number of aryl methyl sites for hydroxylation is 1. The van der Waals surface area contributed by atoms with Crippen molar-refractivity contribution >= 4 is 16.7 Å². The molecule has 0 spiro atoms. The van der Waals surface area contributed by atoms with E-state index in [0.717, 1.165) is 16.5 Å². The Hall–Kier alpha value is -2.29. The maximum atomic E-state index is 13.1. The molecule has 0 fully saturated rings. The smallest absolute Gasteiger partial charge is 0.135 e. The van der Waals surface area contributed by atoms with E-state index in [4.69, 9.17) is 10.2 Å². The molecule has 0 aliphatic heterocycles. The van der Waals surface area contributed by atoms with Crippen LogP contribution in [0.5, 0.6) is 0 Å². The highest BCUT2D eigenvalue weighted by Crippen LogP contribution is 2.30. The minimum absolute atomic E-state index is 0.265. The molecule has 3 rings (SSSR count). The molecule has 2 aromatic carbocycles. The summed E-state index contributed by atoms with van der Waals surface area (Å²) in [5.74, 6) is 0.435. The summed E-state index contributed by atoms with van der Waals surface area (Å²) in [5.41, 5.74) is 9.15. The number of rotatable bonds is 1. The van der Waals surface area contributed by atoms with Gasteiger partial charge in [0.2, 0.25) is 0 Å². The molecule has 3 aromatic rings. The standard InChI is InChI=1S/C15H12FNO/c1-9-4-10(7-13(17)5-9)15-8-11-6-12(16)2-3-14(11)18-15/h2-8H,17H2,1H3. The van der Waals surface area contributed by atoms with E-state index in [0.29, 0.717) is 17.0 Å². The van der Waals surface area contributed by atoms with E-state index in [1.54, 1.807) is 6.07 Å². The Labute approximate surface area is 104 Å². The average molecular weight is 241 g/mol. The molecule has 2 nitrogen and oxygen atoms in total. The topological polar surface area (TPSA) is 39.2 Å². The summed E-state index contributed by atoms with van der Waals surface area (Å²) < 4.78 is 18.8. The third-order valence-electron chi connectivity index (χ3n) is 2.86. The maximum absolute atomic E-state index is 13.1. The monoisotopic (exact) mass is 241 g/mol. The Morgan fingerprint density at radius 3 is 2.67 bits per heavy atom. The molecule has 2 N–H and O–H groups in total. The summed E-state index contributed by atoms with van der Waals surface area (Å²) >= 11 is 0. The molecule has 0 amide bonds. The SMILES string of the molecule is Cc1cc(N)cc(-c2cc3cc(F)ccc3o2)c1. The number of halogens is 1. The number of anilines is 1. The lowest BCUT2D eigenvalue weighted by atomic mass is 10.1. The third-order valence-corrected chi connectivity index (χ3v) is 2.86. The summed E-state index contributed by atoms with van der Waals surface area (Å²) in [7, 11) is 0. The summed E-state index contributed by atoms with van der Waals surface area (Å²) in [6, 6.07) is 12.0. The van der Waals surface area contributed by atoms with Gasteiger partial charge in [0.05, 0.1) is 0 Å². The quantitative estimate of drug-likeness (QED) is 0.650. The van der Waals surface area contributed by atoms with Gasteiger partial charge in [-0.1, -0.05) is 0 Å². The number of nitrogen functional groups attached to an aromatic ring is 1. The van der Waals surface area contributed by atoms with Gasteiger partial charge in [-0.05, 0) is 55.0 Å². The maximum Gasteiger partial charge on any atom is 0.135 e. The number of hydrogen-bond acceptors (Lipinski definition) is 2. The molecule has 3 heteroatoms. The van der Waals surface area contributed by atoms with Crippen LogP contribution in [0.25, 0.3) is 22.3 Å². The van der Waals surface area contributed by atoms with Crippen LogP contribution in [0.1, 0.15) is 5.56 Å². The van der Waals surface area contributed by atoms with Crippen LogP contribution in [0.3, 0.4) is 0 Å². The van der Waals surface area contributed by atoms with Gasteiger partial charge in [0, 0.05) is 16.6 Å². The van der Waals surface area contributed by atoms with Crippen LogP contribution in [0.2, 0.25) is 0 Å². The molecule has 1 heterocycles. The summed E-state index contributed by atoms with van der Waals surface area (Å²) in [5, 5.41) is 0.755. The first-order chi connectivity index (χ1) is 8.61. The molecule has 0 aliphatic carbocycles. The van der Waals surface area contributed by atoms with Crippen molar-refractivity contribution < 1.29 is 8.81 Å². The predicted molar refractivity (Wildman–Crippen MR) is 70.8 cm³/mol. The Balaban J connectivity index is 2.19. The molecule has 0 saturated heterocycles. The van der Waals surface area contributed by atoms with Crippen molar-refractivity contribution in [1.29, 1.82) is 0 Å². The van der Waals surface area contributed by atoms with Gasteiger partial charge >= 0.3 is 0 Å². The van der Waals surface area contributed by atoms with Crippen LogP contribution in [0.15, 0.2) is 46.9 Å². The van der Waals surface area contributed by atoms with Crippen LogP contribution in [0, 0.1) is 12.7 Å². The van der Waals surface area contributed by atoms with Crippen LogP contribution in [-0.2, 0) is 0 Å². The second-order valence-corrected chi connectivity index (χ2v) is 4.43. The first-order valence-electron chi connectivity index (χ1n) is 5.68. The van der Waals surface area contributed by atoms with E-state index < -0.39 is 0 Å². The fourth-order valence-corrected chi connectivity index (χ4v) is 2.11. The van der Waals surface area contributed by atoms with E-state index in [2.05, 4.69) is 0 Å². The van der Waals surface area contributed by atoms with E-state index in [9.17, 15) is 4.39 Å². The highest BCUT2D eigenvalue weighted by atomic mass is 19.1. The summed E-state index contributed by atoms with van der Waals surface area (Å²) in [6.45, 7) is 1.97. The van der Waals surface area contributed by atoms with Crippen molar-refractivity contribution in [3.63, 3.8) is 0 Å². The lowest BCUT2D eigenvalue weighted by Crippen LogP contribution is -1.86. The minimum Gasteiger partial charge on any atom is -0.456 e. The molecular weight excluding hydrogens is 229 g/mol. The zero-order chi connectivity index (χ0) is 12.7. The van der Waals surface area contributed by atoms with Gasteiger partial charge in [-0.2, -0.15) is 0 Å². The van der Waals surface area contributed by atoms with Crippen molar-refractivity contribution in [3.8, 4) is 11.3 Å². The van der Waals surface area contributed by atoms with Gasteiger partial charge in [0.25, 0.3) is 0 Å². The molecule has 0 saturated carbocycles. The zero-order valence-electron chi connectivity index (χ0n) is 9.91. The van der Waals surface area contributed by atoms with Crippen molar-refractivity contribution in [2.75, 3.05) is 5.73 Å². The van der Waals surface area contributed by atoms with Crippen molar-refractivity contribution in [2.45, 2.75) is 6.92 Å². The van der Waals surface area contributed by atoms with E-state index in [1.807, 2.05) is 31.2 Å². The minimum atomic E-state index is -0.265. The van der Waals surface area contributed by atoms with Crippen LogP contribution in [0.4, 0.5) is 10.1 Å². The zero-order valence-corrected chi connectivity index (χ0v) is 9.91. The van der Waals surface area contributed by atoms with Gasteiger partial charge in [-0.15, -0.1) is 0 Å². The number of benzene rings is 2. The number of furan rings is 1. The summed E-state index contributed by atoms with van der Waals surface area (Å²) in [6.07, 6.45) is 0. The lowest BCUT2D eigenvalue weighted by Gasteiger charge is -2.01. The second kappa shape index (κ2) is 3.88. The van der Waals surface area contributed by atoms with Crippen molar-refractivity contribution in [2.24, 2.45) is 0 Å². The first-order valence-corrected chi connectivity index (χ1v) is 5.68. The molecule has 0 radical (unpaired) electrons. The van der Waals surface area contributed by atoms with E-state index in [1.165, 1.54) is 12.1 Å². The number of hydrogen-bond donors (Lipinski definition) is 1. The van der Waals surface area contributed by atoms with Gasteiger partial charge in [0.15, 0.2) is 0 Å². The number of fused-ring (bicyclic) bond motifs is 1. The largest absolute Gasteiger partial charge is 0.456 e. The van der Waals surface area contributed by atoms with Gasteiger partial charge in [-0.3, -0.25) is 0 Å². The van der Waals surface area contributed by atoms with Gasteiger partial charge in [0.1, 0.15) is 17.2 Å². The normalized spacial score (nSPS) is 11.0. The third kappa shape index (κ3) is 1.84. The fourth-order valence-electron chi connectivity index (χ4n) is 2.11. The van der Waals surface area contributed by atoms with E-state index in [-0.39, 0.29) is 5.82 Å². The van der Waals surface area contributed by atoms with Gasteiger partial charge < -0.3 is 10.2 Å². The predicted octanol–water partition coefficient (Wildman–Crippen LogP) is 4.13. The molecule has 1 aromatic heterocycles. The average Bonchev–Trinajstić information content (AvgIpc) is 2.70. The molecule has 90 valence electrons. The van der Waals surface area contributed by atoms with Gasteiger partial charge in [-0.25, -0.2) is 4.39 Å². The van der Waals surface area contributed by atoms with Crippen LogP contribution in [-0.4, -0.2) is 0 Å².